The standard InChI is InChI=1S/C19H27BO4S/c1-13-8-15(11-17(9-13)22-7)10-16(12-25-14(2)21)20-23-18(3,4)19(5,6)24-20/h8-11H,12H2,1-7H3. The fourth-order valence-corrected chi connectivity index (χ4v) is 3.14. The number of hydrogen-bond donors (Lipinski definition) is 0. The van der Waals surface area contributed by atoms with Crippen molar-refractivity contribution in [3.63, 3.8) is 0 Å². The number of hydrogen-bond acceptors (Lipinski definition) is 5. The predicted octanol–water partition coefficient (Wildman–Crippen LogP) is 4.30. The van der Waals surface area contributed by atoms with Crippen LogP contribution < -0.4 is 4.74 Å². The van der Waals surface area contributed by atoms with Gasteiger partial charge in [-0.15, -0.1) is 0 Å². The van der Waals surface area contributed by atoms with Gasteiger partial charge in [-0.3, -0.25) is 4.79 Å². The van der Waals surface area contributed by atoms with Crippen molar-refractivity contribution in [3.05, 3.63) is 34.8 Å². The number of carbonyl (C=O) groups is 1. The van der Waals surface area contributed by atoms with Gasteiger partial charge in [-0.2, -0.15) is 0 Å². The van der Waals surface area contributed by atoms with Gasteiger partial charge in [-0.1, -0.05) is 23.9 Å². The van der Waals surface area contributed by atoms with Gasteiger partial charge in [0.15, 0.2) is 5.12 Å². The van der Waals surface area contributed by atoms with E-state index in [0.717, 1.165) is 22.3 Å². The van der Waals surface area contributed by atoms with Gasteiger partial charge in [0.1, 0.15) is 5.75 Å². The molecule has 1 heterocycles. The van der Waals surface area contributed by atoms with Crippen molar-refractivity contribution >= 4 is 30.1 Å². The molecule has 1 fully saturated rings. The summed E-state index contributed by atoms with van der Waals surface area (Å²) in [6.07, 6.45) is 2.04. The van der Waals surface area contributed by atoms with Crippen LogP contribution in [0.4, 0.5) is 0 Å². The molecule has 0 radical (unpaired) electrons. The molecule has 0 atom stereocenters. The highest BCUT2D eigenvalue weighted by Gasteiger charge is 2.52. The number of aryl methyl sites for hydroxylation is 1. The van der Waals surface area contributed by atoms with Gasteiger partial charge in [0.2, 0.25) is 0 Å². The van der Waals surface area contributed by atoms with E-state index in [-0.39, 0.29) is 5.12 Å². The maximum absolute atomic E-state index is 11.5. The quantitative estimate of drug-likeness (QED) is 0.731. The second-order valence-corrected chi connectivity index (χ2v) is 8.52. The average Bonchev–Trinajstić information content (AvgIpc) is 2.70. The minimum atomic E-state index is -0.469. The number of methoxy groups -OCH3 is 1. The molecule has 0 spiro atoms. The first kappa shape index (κ1) is 20.1. The van der Waals surface area contributed by atoms with E-state index in [9.17, 15) is 4.79 Å². The summed E-state index contributed by atoms with van der Waals surface area (Å²) in [6, 6.07) is 6.03. The number of thioether (sulfide) groups is 1. The van der Waals surface area contributed by atoms with E-state index < -0.39 is 18.3 Å². The third kappa shape index (κ3) is 4.90. The molecule has 25 heavy (non-hydrogen) atoms. The zero-order valence-corrected chi connectivity index (χ0v) is 17.0. The molecule has 4 nitrogen and oxygen atoms in total. The lowest BCUT2D eigenvalue weighted by Crippen LogP contribution is -2.41. The summed E-state index contributed by atoms with van der Waals surface area (Å²) in [5.74, 6) is 1.33. The molecule has 1 aliphatic rings. The van der Waals surface area contributed by atoms with Crippen LogP contribution in [0.3, 0.4) is 0 Å². The molecule has 1 aliphatic heterocycles. The Bertz CT molecular complexity index is 666. The smallest absolute Gasteiger partial charge is 0.491 e. The Morgan fingerprint density at radius 1 is 1.20 bits per heavy atom. The van der Waals surface area contributed by atoms with Crippen molar-refractivity contribution < 1.29 is 18.8 Å². The van der Waals surface area contributed by atoms with Gasteiger partial charge in [-0.25, -0.2) is 0 Å². The van der Waals surface area contributed by atoms with Gasteiger partial charge in [0.05, 0.1) is 18.3 Å². The topological polar surface area (TPSA) is 44.8 Å². The number of carbonyl (C=O) groups excluding carboxylic acids is 1. The molecule has 1 saturated heterocycles. The minimum Gasteiger partial charge on any atom is -0.497 e. The Morgan fingerprint density at radius 2 is 1.80 bits per heavy atom. The van der Waals surface area contributed by atoms with E-state index in [4.69, 9.17) is 14.0 Å². The molecule has 1 aromatic rings. The Hall–Kier alpha value is -1.24. The molecular formula is C19H27BO4S. The second kappa shape index (κ2) is 7.56. The van der Waals surface area contributed by atoms with E-state index in [1.807, 2.05) is 52.8 Å². The lowest BCUT2D eigenvalue weighted by molar-refractivity contribution is -0.109. The summed E-state index contributed by atoms with van der Waals surface area (Å²) in [5, 5.41) is 0.0734. The Balaban J connectivity index is 2.36. The zero-order valence-electron chi connectivity index (χ0n) is 16.1. The third-order valence-electron chi connectivity index (χ3n) is 4.66. The highest BCUT2D eigenvalue weighted by molar-refractivity contribution is 8.13. The van der Waals surface area contributed by atoms with Crippen molar-refractivity contribution in [2.75, 3.05) is 12.9 Å². The summed E-state index contributed by atoms with van der Waals surface area (Å²) < 4.78 is 17.7. The molecular weight excluding hydrogens is 335 g/mol. The number of ether oxygens (including phenoxy) is 1. The summed E-state index contributed by atoms with van der Waals surface area (Å²) >= 11 is 1.26. The monoisotopic (exact) mass is 362 g/mol. The molecule has 0 aromatic heterocycles. The van der Waals surface area contributed by atoms with Crippen molar-refractivity contribution in [1.29, 1.82) is 0 Å². The van der Waals surface area contributed by atoms with E-state index in [0.29, 0.717) is 5.75 Å². The molecule has 2 rings (SSSR count). The van der Waals surface area contributed by atoms with E-state index in [1.54, 1.807) is 14.0 Å². The highest BCUT2D eigenvalue weighted by Crippen LogP contribution is 2.39. The SMILES string of the molecule is COc1cc(C)cc(C=C(CSC(C)=O)B2OC(C)(C)C(C)(C)O2)c1. The van der Waals surface area contributed by atoms with Crippen molar-refractivity contribution in [3.8, 4) is 5.75 Å². The van der Waals surface area contributed by atoms with Crippen LogP contribution in [0, 0.1) is 6.92 Å². The fraction of sp³-hybridized carbons (Fsp3) is 0.526. The highest BCUT2D eigenvalue weighted by atomic mass is 32.2. The molecule has 0 unspecified atom stereocenters. The van der Waals surface area contributed by atoms with E-state index >= 15 is 0 Å². The fourth-order valence-electron chi connectivity index (χ4n) is 2.55. The summed E-state index contributed by atoms with van der Waals surface area (Å²) in [7, 11) is 1.19. The van der Waals surface area contributed by atoms with Crippen molar-refractivity contribution in [2.24, 2.45) is 0 Å². The second-order valence-electron chi connectivity index (χ2n) is 7.37. The van der Waals surface area contributed by atoms with E-state index in [2.05, 4.69) is 6.07 Å². The molecule has 0 bridgehead atoms. The minimum absolute atomic E-state index is 0.0734. The molecule has 0 amide bonds. The Morgan fingerprint density at radius 3 is 2.32 bits per heavy atom. The van der Waals surface area contributed by atoms with Gasteiger partial charge in [-0.05, 0) is 63.4 Å². The number of benzene rings is 1. The van der Waals surface area contributed by atoms with Crippen LogP contribution in [0.1, 0.15) is 45.7 Å². The molecule has 0 aliphatic carbocycles. The molecule has 0 saturated carbocycles. The first-order valence-electron chi connectivity index (χ1n) is 8.39. The van der Waals surface area contributed by atoms with Gasteiger partial charge in [0, 0.05) is 12.7 Å². The molecule has 6 heteroatoms. The first-order chi connectivity index (χ1) is 11.5. The van der Waals surface area contributed by atoms with Crippen LogP contribution in [0.25, 0.3) is 6.08 Å². The Kier molecular flexibility index (Phi) is 6.07. The van der Waals surface area contributed by atoms with Crippen LogP contribution in [-0.4, -0.2) is 36.3 Å². The third-order valence-corrected chi connectivity index (χ3v) is 5.54. The van der Waals surface area contributed by atoms with Crippen molar-refractivity contribution in [1.82, 2.24) is 0 Å². The Labute approximate surface area is 155 Å². The van der Waals surface area contributed by atoms with Crippen LogP contribution in [0.15, 0.2) is 23.7 Å². The normalized spacial score (nSPS) is 19.2. The van der Waals surface area contributed by atoms with Crippen LogP contribution >= 0.6 is 11.8 Å². The maximum atomic E-state index is 11.5. The van der Waals surface area contributed by atoms with Crippen LogP contribution in [0.2, 0.25) is 0 Å². The average molecular weight is 362 g/mol. The van der Waals surface area contributed by atoms with Crippen LogP contribution in [-0.2, 0) is 14.1 Å². The first-order valence-corrected chi connectivity index (χ1v) is 9.38. The van der Waals surface area contributed by atoms with Gasteiger partial charge >= 0.3 is 7.12 Å². The van der Waals surface area contributed by atoms with E-state index in [1.165, 1.54) is 11.8 Å². The van der Waals surface area contributed by atoms with Crippen LogP contribution in [0.5, 0.6) is 5.75 Å². The summed E-state index contributed by atoms with van der Waals surface area (Å²) in [6.45, 7) is 11.7. The molecule has 0 N–H and O–H groups in total. The number of rotatable bonds is 5. The molecule has 1 aromatic carbocycles. The molecule has 136 valence electrons. The predicted molar refractivity (Wildman–Crippen MR) is 105 cm³/mol. The largest absolute Gasteiger partial charge is 0.497 e. The lowest BCUT2D eigenvalue weighted by Gasteiger charge is -2.32. The zero-order chi connectivity index (χ0) is 18.8. The van der Waals surface area contributed by atoms with Crippen molar-refractivity contribution in [2.45, 2.75) is 52.7 Å². The van der Waals surface area contributed by atoms with Gasteiger partial charge < -0.3 is 14.0 Å². The lowest BCUT2D eigenvalue weighted by atomic mass is 9.78. The maximum Gasteiger partial charge on any atom is 0.491 e. The summed E-state index contributed by atoms with van der Waals surface area (Å²) in [5.41, 5.74) is 2.22. The van der Waals surface area contributed by atoms with Gasteiger partial charge in [0.25, 0.3) is 0 Å². The summed E-state index contributed by atoms with van der Waals surface area (Å²) in [4.78, 5) is 11.5.